The van der Waals surface area contributed by atoms with Crippen LogP contribution in [0.1, 0.15) is 36.8 Å². The lowest BCUT2D eigenvalue weighted by atomic mass is 9.83. The molecule has 3 rings (SSSR count). The minimum atomic E-state index is -0.482. The fourth-order valence-corrected chi connectivity index (χ4v) is 3.96. The van der Waals surface area contributed by atoms with Crippen LogP contribution in [-0.4, -0.2) is 23.2 Å². The Bertz CT molecular complexity index is 591. The van der Waals surface area contributed by atoms with Crippen molar-refractivity contribution in [1.82, 2.24) is 4.98 Å². The Hall–Kier alpha value is -1.17. The average Bonchev–Trinajstić information content (AvgIpc) is 2.91. The summed E-state index contributed by atoms with van der Waals surface area (Å²) in [5.41, 5.74) is 6.77. The number of para-hydroxylation sites is 1. The van der Waals surface area contributed by atoms with Gasteiger partial charge in [-0.25, -0.2) is 4.98 Å². The molecule has 20 heavy (non-hydrogen) atoms. The maximum Gasteiger partial charge on any atom is 0.145 e. The third-order valence-electron chi connectivity index (χ3n) is 4.13. The lowest BCUT2D eigenvalue weighted by Gasteiger charge is -2.28. The number of thiazole rings is 1. The monoisotopic (exact) mass is 292 g/mol. The normalized spacial score (nSPS) is 24.8. The van der Waals surface area contributed by atoms with Crippen molar-refractivity contribution >= 4 is 21.6 Å². The molecular formula is C15H20N2O2S. The number of hydrogen-bond donors (Lipinski definition) is 2. The predicted molar refractivity (Wildman–Crippen MR) is 81.1 cm³/mol. The van der Waals surface area contributed by atoms with Crippen LogP contribution in [0.4, 0.5) is 0 Å². The van der Waals surface area contributed by atoms with Crippen LogP contribution in [0.3, 0.4) is 0 Å². The van der Waals surface area contributed by atoms with E-state index < -0.39 is 6.10 Å². The number of rotatable bonds is 3. The Morgan fingerprint density at radius 3 is 2.80 bits per heavy atom. The second kappa shape index (κ2) is 5.68. The Morgan fingerprint density at radius 1 is 1.35 bits per heavy atom. The molecule has 0 amide bonds. The summed E-state index contributed by atoms with van der Waals surface area (Å²) in [5, 5.41) is 11.4. The molecule has 5 heteroatoms. The van der Waals surface area contributed by atoms with E-state index in [1.54, 1.807) is 18.4 Å². The molecule has 1 unspecified atom stereocenters. The van der Waals surface area contributed by atoms with Crippen molar-refractivity contribution in [3.8, 4) is 5.75 Å². The maximum absolute atomic E-state index is 10.6. The van der Waals surface area contributed by atoms with Gasteiger partial charge in [0.1, 0.15) is 22.4 Å². The molecule has 1 fully saturated rings. The number of ether oxygens (including phenoxy) is 1. The summed E-state index contributed by atoms with van der Waals surface area (Å²) in [6.07, 6.45) is 3.47. The zero-order valence-corrected chi connectivity index (χ0v) is 12.4. The summed E-state index contributed by atoms with van der Waals surface area (Å²) in [6.45, 7) is 0. The van der Waals surface area contributed by atoms with Crippen molar-refractivity contribution in [3.05, 3.63) is 23.2 Å². The topological polar surface area (TPSA) is 68.4 Å². The molecule has 1 saturated carbocycles. The number of aliphatic hydroxyl groups excluding tert-OH is 1. The third kappa shape index (κ3) is 2.53. The van der Waals surface area contributed by atoms with Crippen molar-refractivity contribution in [2.45, 2.75) is 37.8 Å². The molecule has 0 spiro atoms. The summed E-state index contributed by atoms with van der Waals surface area (Å²) in [6, 6.07) is 6.17. The largest absolute Gasteiger partial charge is 0.494 e. The van der Waals surface area contributed by atoms with Gasteiger partial charge in [-0.1, -0.05) is 6.07 Å². The van der Waals surface area contributed by atoms with Gasteiger partial charge in [0.05, 0.1) is 11.8 Å². The van der Waals surface area contributed by atoms with Gasteiger partial charge >= 0.3 is 0 Å². The first-order chi connectivity index (χ1) is 9.69. The zero-order valence-electron chi connectivity index (χ0n) is 11.6. The number of benzene rings is 1. The highest BCUT2D eigenvalue weighted by molar-refractivity contribution is 7.18. The van der Waals surface area contributed by atoms with E-state index in [0.29, 0.717) is 6.04 Å². The fraction of sp³-hybridized carbons (Fsp3) is 0.533. The molecule has 1 aromatic heterocycles. The van der Waals surface area contributed by atoms with E-state index in [2.05, 4.69) is 4.98 Å². The van der Waals surface area contributed by atoms with Crippen molar-refractivity contribution in [2.75, 3.05) is 7.11 Å². The summed E-state index contributed by atoms with van der Waals surface area (Å²) in [7, 11) is 1.65. The Labute approximate surface area is 122 Å². The van der Waals surface area contributed by atoms with Crippen molar-refractivity contribution in [2.24, 2.45) is 11.7 Å². The molecule has 0 radical (unpaired) electrons. The van der Waals surface area contributed by atoms with Gasteiger partial charge in [-0.3, -0.25) is 0 Å². The van der Waals surface area contributed by atoms with E-state index in [9.17, 15) is 5.11 Å². The highest BCUT2D eigenvalue weighted by Crippen LogP contribution is 2.38. The summed E-state index contributed by atoms with van der Waals surface area (Å²) < 4.78 is 6.39. The predicted octanol–water partition coefficient (Wildman–Crippen LogP) is 2.86. The van der Waals surface area contributed by atoms with E-state index in [0.717, 1.165) is 46.7 Å². The second-order valence-corrected chi connectivity index (χ2v) is 6.54. The second-order valence-electron chi connectivity index (χ2n) is 5.48. The third-order valence-corrected chi connectivity index (χ3v) is 5.23. The molecule has 1 aliphatic carbocycles. The Balaban J connectivity index is 1.86. The number of fused-ring (bicyclic) bond motifs is 1. The van der Waals surface area contributed by atoms with Gasteiger partial charge in [-0.2, -0.15) is 0 Å². The van der Waals surface area contributed by atoms with Crippen LogP contribution in [-0.2, 0) is 0 Å². The first kappa shape index (κ1) is 13.8. The molecule has 108 valence electrons. The molecule has 1 aliphatic rings. The number of aliphatic hydroxyl groups is 1. The van der Waals surface area contributed by atoms with Crippen LogP contribution in [0.5, 0.6) is 5.75 Å². The molecule has 1 aromatic carbocycles. The van der Waals surface area contributed by atoms with Crippen LogP contribution >= 0.6 is 11.3 Å². The fourth-order valence-electron chi connectivity index (χ4n) is 2.89. The number of nitrogens with zero attached hydrogens (tertiary/aromatic N) is 1. The summed E-state index contributed by atoms with van der Waals surface area (Å²) in [4.78, 5) is 4.59. The van der Waals surface area contributed by atoms with Crippen molar-refractivity contribution in [3.63, 3.8) is 0 Å². The molecule has 3 N–H and O–H groups in total. The molecule has 0 saturated heterocycles. The van der Waals surface area contributed by atoms with Crippen LogP contribution < -0.4 is 10.5 Å². The van der Waals surface area contributed by atoms with Gasteiger partial charge < -0.3 is 15.6 Å². The molecule has 4 nitrogen and oxygen atoms in total. The molecule has 0 aliphatic heterocycles. The Kier molecular flexibility index (Phi) is 3.92. The van der Waals surface area contributed by atoms with Gasteiger partial charge in [0.15, 0.2) is 0 Å². The number of methoxy groups -OCH3 is 1. The smallest absolute Gasteiger partial charge is 0.145 e. The van der Waals surface area contributed by atoms with Gasteiger partial charge in [0, 0.05) is 6.04 Å². The minimum Gasteiger partial charge on any atom is -0.494 e. The van der Waals surface area contributed by atoms with E-state index in [1.807, 2.05) is 18.2 Å². The Morgan fingerprint density at radius 2 is 2.10 bits per heavy atom. The number of nitrogens with two attached hydrogens (primary N) is 1. The minimum absolute atomic E-state index is 0.279. The van der Waals surface area contributed by atoms with Gasteiger partial charge in [0.25, 0.3) is 0 Å². The highest BCUT2D eigenvalue weighted by atomic mass is 32.1. The van der Waals surface area contributed by atoms with Crippen LogP contribution in [0.25, 0.3) is 10.2 Å². The van der Waals surface area contributed by atoms with Gasteiger partial charge in [0.2, 0.25) is 0 Å². The quantitative estimate of drug-likeness (QED) is 0.912. The van der Waals surface area contributed by atoms with E-state index in [-0.39, 0.29) is 5.92 Å². The van der Waals surface area contributed by atoms with Crippen molar-refractivity contribution in [1.29, 1.82) is 0 Å². The van der Waals surface area contributed by atoms with Crippen LogP contribution in [0.15, 0.2) is 18.2 Å². The standard InChI is InChI=1S/C15H20N2O2S/c1-19-11-3-2-4-12-13(11)17-15(20-12)14(18)9-5-7-10(16)8-6-9/h2-4,9-10,14,18H,5-8,16H2,1H3/t9-,10-,14?. The molecule has 2 aromatic rings. The number of aromatic nitrogens is 1. The SMILES string of the molecule is COc1cccc2sc(C(O)[C@H]3CC[C@H](N)CC3)nc12. The molecule has 1 heterocycles. The summed E-state index contributed by atoms with van der Waals surface area (Å²) in [5.74, 6) is 1.05. The van der Waals surface area contributed by atoms with E-state index in [1.165, 1.54) is 0 Å². The zero-order chi connectivity index (χ0) is 14.1. The molecule has 0 bridgehead atoms. The number of hydrogen-bond acceptors (Lipinski definition) is 5. The van der Waals surface area contributed by atoms with E-state index in [4.69, 9.17) is 10.5 Å². The first-order valence-corrected chi connectivity index (χ1v) is 7.87. The molecule has 1 atom stereocenters. The average molecular weight is 292 g/mol. The molecular weight excluding hydrogens is 272 g/mol. The first-order valence-electron chi connectivity index (χ1n) is 7.06. The van der Waals surface area contributed by atoms with Crippen molar-refractivity contribution < 1.29 is 9.84 Å². The lowest BCUT2D eigenvalue weighted by molar-refractivity contribution is 0.0812. The maximum atomic E-state index is 10.6. The lowest BCUT2D eigenvalue weighted by Crippen LogP contribution is -2.28. The van der Waals surface area contributed by atoms with Crippen LogP contribution in [0, 0.1) is 5.92 Å². The van der Waals surface area contributed by atoms with Crippen LogP contribution in [0.2, 0.25) is 0 Å². The highest BCUT2D eigenvalue weighted by Gasteiger charge is 2.28. The van der Waals surface area contributed by atoms with E-state index >= 15 is 0 Å². The van der Waals surface area contributed by atoms with Gasteiger partial charge in [-0.05, 0) is 43.7 Å². The summed E-state index contributed by atoms with van der Waals surface area (Å²) >= 11 is 1.56. The van der Waals surface area contributed by atoms with Gasteiger partial charge in [-0.15, -0.1) is 11.3 Å².